The van der Waals surface area contributed by atoms with E-state index in [1.54, 1.807) is 17.0 Å². The van der Waals surface area contributed by atoms with Crippen molar-refractivity contribution in [1.29, 1.82) is 0 Å². The predicted molar refractivity (Wildman–Crippen MR) is 80.9 cm³/mol. The molecule has 1 aromatic rings. The van der Waals surface area contributed by atoms with E-state index in [2.05, 4.69) is 0 Å². The van der Waals surface area contributed by atoms with Crippen LogP contribution in [0.15, 0.2) is 24.3 Å². The molecule has 0 spiro atoms. The summed E-state index contributed by atoms with van der Waals surface area (Å²) in [6.45, 7) is 4.81. The molecule has 0 saturated carbocycles. The first kappa shape index (κ1) is 16.5. The largest absolute Gasteiger partial charge is 0.481 e. The number of piperidine rings is 1. The smallest absolute Gasteiger partial charge is 0.306 e. The van der Waals surface area contributed by atoms with Crippen LogP contribution in [-0.2, 0) is 9.59 Å². The topological polar surface area (TPSA) is 57.6 Å². The lowest BCUT2D eigenvalue weighted by Gasteiger charge is -2.35. The van der Waals surface area contributed by atoms with E-state index in [1.807, 2.05) is 13.8 Å². The number of nitrogens with zero attached hydrogens (tertiary/aromatic N) is 1. The molecule has 1 aliphatic heterocycles. The third-order valence-electron chi connectivity index (χ3n) is 4.50. The Bertz CT molecular complexity index is 543. The lowest BCUT2D eigenvalue weighted by Crippen LogP contribution is -2.45. The summed E-state index contributed by atoms with van der Waals surface area (Å²) in [5.41, 5.74) is 0.934. The average molecular weight is 307 g/mol. The molecule has 22 heavy (non-hydrogen) atoms. The van der Waals surface area contributed by atoms with Crippen molar-refractivity contribution in [2.75, 3.05) is 13.1 Å². The van der Waals surface area contributed by atoms with Crippen LogP contribution in [0.5, 0.6) is 0 Å². The summed E-state index contributed by atoms with van der Waals surface area (Å²) in [5, 5.41) is 9.12. The van der Waals surface area contributed by atoms with Gasteiger partial charge in [-0.05, 0) is 36.0 Å². The van der Waals surface area contributed by atoms with Gasteiger partial charge in [0.15, 0.2) is 0 Å². The highest BCUT2D eigenvalue weighted by Gasteiger charge is 2.33. The molecule has 120 valence electrons. The van der Waals surface area contributed by atoms with E-state index in [9.17, 15) is 14.0 Å². The van der Waals surface area contributed by atoms with Crippen LogP contribution >= 0.6 is 0 Å². The molecule has 1 fully saturated rings. The molecule has 0 aromatic heterocycles. The number of carbonyl (C=O) groups is 2. The number of hydrogen-bond donors (Lipinski definition) is 1. The molecule has 0 radical (unpaired) electrons. The second-order valence-corrected chi connectivity index (χ2v) is 6.21. The number of carbonyl (C=O) groups excluding carboxylic acids is 1. The van der Waals surface area contributed by atoms with E-state index in [0.29, 0.717) is 25.9 Å². The van der Waals surface area contributed by atoms with Gasteiger partial charge >= 0.3 is 5.97 Å². The van der Waals surface area contributed by atoms with E-state index < -0.39 is 5.97 Å². The minimum atomic E-state index is -0.778. The molecule has 4 nitrogen and oxygen atoms in total. The summed E-state index contributed by atoms with van der Waals surface area (Å²) in [4.78, 5) is 25.2. The molecule has 2 rings (SSSR count). The Labute approximate surface area is 129 Å². The van der Waals surface area contributed by atoms with Gasteiger partial charge in [-0.25, -0.2) is 4.39 Å². The maximum absolute atomic E-state index is 12.9. The Kier molecular flexibility index (Phi) is 5.16. The van der Waals surface area contributed by atoms with Crippen molar-refractivity contribution in [1.82, 2.24) is 4.90 Å². The molecular weight excluding hydrogens is 285 g/mol. The summed E-state index contributed by atoms with van der Waals surface area (Å²) < 4.78 is 12.9. The zero-order valence-corrected chi connectivity index (χ0v) is 13.0. The summed E-state index contributed by atoms with van der Waals surface area (Å²) >= 11 is 0. The Morgan fingerprint density at radius 3 is 2.55 bits per heavy atom. The molecular formula is C17H22FNO3. The standard InChI is InChI=1S/C17H22FNO3/c1-11(13-3-5-14(18)6-4-13)9-16(20)19-8-7-15(17(21)22)12(2)10-19/h3-6,11-12,15H,7-10H2,1-2H3,(H,21,22). The van der Waals surface area contributed by atoms with Crippen LogP contribution < -0.4 is 0 Å². The zero-order valence-electron chi connectivity index (χ0n) is 13.0. The summed E-state index contributed by atoms with van der Waals surface area (Å²) in [7, 11) is 0. The van der Waals surface area contributed by atoms with Gasteiger partial charge in [0, 0.05) is 19.5 Å². The second-order valence-electron chi connectivity index (χ2n) is 6.21. The first-order chi connectivity index (χ1) is 10.4. The Hall–Kier alpha value is -1.91. The molecule has 1 saturated heterocycles. The highest BCUT2D eigenvalue weighted by molar-refractivity contribution is 5.78. The van der Waals surface area contributed by atoms with Gasteiger partial charge < -0.3 is 10.0 Å². The van der Waals surface area contributed by atoms with Crippen molar-refractivity contribution in [3.8, 4) is 0 Å². The van der Waals surface area contributed by atoms with Crippen molar-refractivity contribution in [2.45, 2.75) is 32.6 Å². The number of amides is 1. The van der Waals surface area contributed by atoms with Crippen molar-refractivity contribution in [2.24, 2.45) is 11.8 Å². The molecule has 1 aliphatic rings. The second kappa shape index (κ2) is 6.90. The van der Waals surface area contributed by atoms with Crippen LogP contribution in [0, 0.1) is 17.7 Å². The fourth-order valence-electron chi connectivity index (χ4n) is 3.04. The van der Waals surface area contributed by atoms with Crippen LogP contribution in [-0.4, -0.2) is 35.0 Å². The third-order valence-corrected chi connectivity index (χ3v) is 4.50. The monoisotopic (exact) mass is 307 g/mol. The van der Waals surface area contributed by atoms with Gasteiger partial charge in [0.25, 0.3) is 0 Å². The van der Waals surface area contributed by atoms with Gasteiger partial charge in [-0.2, -0.15) is 0 Å². The molecule has 1 amide bonds. The number of hydrogen-bond acceptors (Lipinski definition) is 2. The van der Waals surface area contributed by atoms with Crippen LogP contribution in [0.25, 0.3) is 0 Å². The minimum Gasteiger partial charge on any atom is -0.481 e. The molecule has 5 heteroatoms. The van der Waals surface area contributed by atoms with E-state index in [0.717, 1.165) is 5.56 Å². The quantitative estimate of drug-likeness (QED) is 0.930. The third kappa shape index (κ3) is 3.84. The Balaban J connectivity index is 1.92. The summed E-state index contributed by atoms with van der Waals surface area (Å²) in [5.74, 6) is -1.41. The first-order valence-electron chi connectivity index (χ1n) is 7.64. The highest BCUT2D eigenvalue weighted by Crippen LogP contribution is 2.26. The molecule has 3 unspecified atom stereocenters. The first-order valence-corrected chi connectivity index (χ1v) is 7.64. The minimum absolute atomic E-state index is 0.0144. The molecule has 1 heterocycles. The maximum atomic E-state index is 12.9. The zero-order chi connectivity index (χ0) is 16.3. The van der Waals surface area contributed by atoms with Gasteiger partial charge in [0.05, 0.1) is 5.92 Å². The number of likely N-dealkylation sites (tertiary alicyclic amines) is 1. The molecule has 1 aromatic carbocycles. The Morgan fingerprint density at radius 2 is 2.00 bits per heavy atom. The van der Waals surface area contributed by atoms with Gasteiger partial charge in [0.2, 0.25) is 5.91 Å². The van der Waals surface area contributed by atoms with Gasteiger partial charge in [-0.1, -0.05) is 26.0 Å². The maximum Gasteiger partial charge on any atom is 0.306 e. The predicted octanol–water partition coefficient (Wildman–Crippen LogP) is 2.89. The van der Waals surface area contributed by atoms with Crippen molar-refractivity contribution >= 4 is 11.9 Å². The Morgan fingerprint density at radius 1 is 1.36 bits per heavy atom. The van der Waals surface area contributed by atoms with Gasteiger partial charge in [-0.15, -0.1) is 0 Å². The molecule has 0 bridgehead atoms. The van der Waals surface area contributed by atoms with E-state index in [1.165, 1.54) is 12.1 Å². The summed E-state index contributed by atoms with van der Waals surface area (Å²) in [6, 6.07) is 6.20. The lowest BCUT2D eigenvalue weighted by molar-refractivity contribution is -0.148. The molecule has 1 N–H and O–H groups in total. The number of carboxylic acids is 1. The lowest BCUT2D eigenvalue weighted by atomic mass is 9.86. The molecule has 0 aliphatic carbocycles. The van der Waals surface area contributed by atoms with Gasteiger partial charge in [0.1, 0.15) is 5.82 Å². The van der Waals surface area contributed by atoms with Gasteiger partial charge in [-0.3, -0.25) is 9.59 Å². The van der Waals surface area contributed by atoms with E-state index >= 15 is 0 Å². The normalized spacial score (nSPS) is 23.1. The number of halogens is 1. The average Bonchev–Trinajstić information content (AvgIpc) is 2.47. The van der Waals surface area contributed by atoms with Crippen molar-refractivity contribution in [3.63, 3.8) is 0 Å². The number of carboxylic acid groups (broad SMARTS) is 1. The highest BCUT2D eigenvalue weighted by atomic mass is 19.1. The van der Waals surface area contributed by atoms with Crippen LogP contribution in [0.4, 0.5) is 4.39 Å². The van der Waals surface area contributed by atoms with Crippen molar-refractivity contribution < 1.29 is 19.1 Å². The van der Waals surface area contributed by atoms with Crippen molar-refractivity contribution in [3.05, 3.63) is 35.6 Å². The van der Waals surface area contributed by atoms with E-state index in [-0.39, 0.29) is 29.5 Å². The van der Waals surface area contributed by atoms with Crippen LogP contribution in [0.2, 0.25) is 0 Å². The SMILES string of the molecule is CC(CC(=O)N1CCC(C(=O)O)C(C)C1)c1ccc(F)cc1. The molecule has 3 atom stereocenters. The van der Waals surface area contributed by atoms with Crippen LogP contribution in [0.1, 0.15) is 38.2 Å². The van der Waals surface area contributed by atoms with Crippen LogP contribution in [0.3, 0.4) is 0 Å². The summed E-state index contributed by atoms with van der Waals surface area (Å²) in [6.07, 6.45) is 0.864. The number of aliphatic carboxylic acids is 1. The number of rotatable bonds is 4. The fraction of sp³-hybridized carbons (Fsp3) is 0.529. The van der Waals surface area contributed by atoms with E-state index in [4.69, 9.17) is 5.11 Å². The fourth-order valence-corrected chi connectivity index (χ4v) is 3.04. The number of benzene rings is 1.